The fraction of sp³-hybridized carbons (Fsp3) is 0.500. The lowest BCUT2D eigenvalue weighted by Gasteiger charge is -2.34. The highest BCUT2D eigenvalue weighted by Crippen LogP contribution is 2.18. The molecule has 25 heavy (non-hydrogen) atoms. The van der Waals surface area contributed by atoms with E-state index in [0.29, 0.717) is 25.3 Å². The molecule has 1 aromatic carbocycles. The maximum atomic E-state index is 12.8. The summed E-state index contributed by atoms with van der Waals surface area (Å²) in [5, 5.41) is 2.72. The first-order valence-corrected chi connectivity index (χ1v) is 9.61. The van der Waals surface area contributed by atoms with E-state index in [9.17, 15) is 14.4 Å². The average Bonchev–Trinajstić information content (AvgIpc) is 2.60. The van der Waals surface area contributed by atoms with E-state index in [1.54, 1.807) is 12.1 Å². The van der Waals surface area contributed by atoms with E-state index >= 15 is 0 Å². The van der Waals surface area contributed by atoms with Crippen LogP contribution in [0.15, 0.2) is 24.3 Å². The van der Waals surface area contributed by atoms with Gasteiger partial charge >= 0.3 is 5.97 Å². The van der Waals surface area contributed by atoms with E-state index in [1.165, 1.54) is 4.90 Å². The fourth-order valence-corrected chi connectivity index (χ4v) is 3.32. The van der Waals surface area contributed by atoms with Crippen LogP contribution in [0.3, 0.4) is 0 Å². The summed E-state index contributed by atoms with van der Waals surface area (Å²) in [5.41, 5.74) is 0.541. The molecule has 136 valence electrons. The number of rotatable bonds is 7. The molecule has 1 heterocycles. The van der Waals surface area contributed by atoms with Crippen LogP contribution in [0.25, 0.3) is 0 Å². The Morgan fingerprint density at radius 2 is 2.08 bits per heavy atom. The Morgan fingerprint density at radius 1 is 1.32 bits per heavy atom. The number of hydrogen-bond donors (Lipinski definition) is 1. The van der Waals surface area contributed by atoms with Crippen molar-refractivity contribution in [2.24, 2.45) is 0 Å². The van der Waals surface area contributed by atoms with Crippen LogP contribution in [-0.2, 0) is 14.3 Å². The van der Waals surface area contributed by atoms with Crippen molar-refractivity contribution in [3.05, 3.63) is 33.4 Å². The normalized spacial score (nSPS) is 17.1. The van der Waals surface area contributed by atoms with Crippen LogP contribution >= 0.6 is 22.6 Å². The molecule has 2 rings (SSSR count). The van der Waals surface area contributed by atoms with Gasteiger partial charge in [-0.3, -0.25) is 14.4 Å². The quantitative estimate of drug-likeness (QED) is 0.387. The van der Waals surface area contributed by atoms with Gasteiger partial charge in [0, 0.05) is 16.7 Å². The molecule has 1 unspecified atom stereocenters. The van der Waals surface area contributed by atoms with E-state index in [4.69, 9.17) is 4.74 Å². The zero-order chi connectivity index (χ0) is 18.2. The molecule has 1 atom stereocenters. The molecule has 0 bridgehead atoms. The first-order chi connectivity index (χ1) is 12.0. The Bertz CT molecular complexity index is 635. The molecule has 2 amide bonds. The molecule has 1 saturated heterocycles. The lowest BCUT2D eigenvalue weighted by Crippen LogP contribution is -2.58. The number of benzene rings is 1. The Kier molecular flexibility index (Phi) is 7.67. The minimum Gasteiger partial charge on any atom is -0.466 e. The number of carbonyl (C=O) groups is 3. The smallest absolute Gasteiger partial charge is 0.308 e. The number of hydrogen-bond acceptors (Lipinski definition) is 4. The second-order valence-electron chi connectivity index (χ2n) is 5.92. The summed E-state index contributed by atoms with van der Waals surface area (Å²) < 4.78 is 6.01. The molecule has 1 N–H and O–H groups in total. The number of carbonyl (C=O) groups excluding carboxylic acids is 3. The first-order valence-electron chi connectivity index (χ1n) is 8.53. The van der Waals surface area contributed by atoms with Gasteiger partial charge in [0.15, 0.2) is 0 Å². The Hall–Kier alpha value is -1.64. The average molecular weight is 458 g/mol. The minimum atomic E-state index is -0.823. The van der Waals surface area contributed by atoms with Gasteiger partial charge in [-0.1, -0.05) is 31.9 Å². The van der Waals surface area contributed by atoms with Gasteiger partial charge in [0.1, 0.15) is 6.04 Å². The zero-order valence-corrected chi connectivity index (χ0v) is 16.5. The minimum absolute atomic E-state index is 0.118. The highest BCUT2D eigenvalue weighted by molar-refractivity contribution is 14.1. The molecule has 1 aromatic rings. The standard InChI is InChI=1S/C18H23IN2O4/c1-2-3-6-11-25-16(22)12-15-17(23)20-9-10-21(15)18(24)13-7-4-5-8-14(13)19/h4-5,7-8,15H,2-3,6,9-12H2,1H3,(H,20,23). The molecule has 1 aliphatic rings. The Balaban J connectivity index is 2.05. The van der Waals surface area contributed by atoms with Crippen LogP contribution in [0.4, 0.5) is 0 Å². The molecule has 0 aliphatic carbocycles. The van der Waals surface area contributed by atoms with Gasteiger partial charge in [-0.2, -0.15) is 0 Å². The van der Waals surface area contributed by atoms with Gasteiger partial charge in [0.2, 0.25) is 5.91 Å². The molecule has 0 radical (unpaired) electrons. The summed E-state index contributed by atoms with van der Waals surface area (Å²) in [5.74, 6) is -0.988. The van der Waals surface area contributed by atoms with Crippen molar-refractivity contribution in [3.63, 3.8) is 0 Å². The molecular formula is C18H23IN2O4. The van der Waals surface area contributed by atoms with Crippen molar-refractivity contribution in [2.45, 2.75) is 38.6 Å². The highest BCUT2D eigenvalue weighted by atomic mass is 127. The second kappa shape index (κ2) is 9.74. The molecular weight excluding hydrogens is 435 g/mol. The summed E-state index contributed by atoms with van der Waals surface area (Å²) >= 11 is 2.10. The molecule has 0 spiro atoms. The lowest BCUT2D eigenvalue weighted by atomic mass is 10.1. The molecule has 7 heteroatoms. The van der Waals surface area contributed by atoms with Gasteiger partial charge in [-0.05, 0) is 41.1 Å². The molecule has 0 aromatic heterocycles. The number of unbranched alkanes of at least 4 members (excludes halogenated alkanes) is 2. The Labute approximate surface area is 161 Å². The molecule has 1 aliphatic heterocycles. The van der Waals surface area contributed by atoms with Gasteiger partial charge in [0.25, 0.3) is 5.91 Å². The van der Waals surface area contributed by atoms with Crippen molar-refractivity contribution in [1.29, 1.82) is 0 Å². The van der Waals surface area contributed by atoms with E-state index < -0.39 is 12.0 Å². The van der Waals surface area contributed by atoms with Crippen molar-refractivity contribution in [1.82, 2.24) is 10.2 Å². The van der Waals surface area contributed by atoms with Crippen molar-refractivity contribution >= 4 is 40.4 Å². The largest absolute Gasteiger partial charge is 0.466 e. The van der Waals surface area contributed by atoms with Gasteiger partial charge < -0.3 is 15.0 Å². The zero-order valence-electron chi connectivity index (χ0n) is 14.3. The number of nitrogens with zero attached hydrogens (tertiary/aromatic N) is 1. The third-order valence-electron chi connectivity index (χ3n) is 4.07. The number of ether oxygens (including phenoxy) is 1. The topological polar surface area (TPSA) is 75.7 Å². The van der Waals surface area contributed by atoms with Crippen molar-refractivity contribution in [2.75, 3.05) is 19.7 Å². The van der Waals surface area contributed by atoms with Crippen LogP contribution in [-0.4, -0.2) is 48.4 Å². The number of halogens is 1. The summed E-state index contributed by atoms with van der Waals surface area (Å²) in [7, 11) is 0. The SMILES string of the molecule is CCCCCOC(=O)CC1C(=O)NCCN1C(=O)c1ccccc1I. The predicted octanol–water partition coefficient (Wildman–Crippen LogP) is 2.36. The van der Waals surface area contributed by atoms with Crippen LogP contribution in [0.1, 0.15) is 43.0 Å². The van der Waals surface area contributed by atoms with E-state index in [-0.39, 0.29) is 18.2 Å². The number of amides is 2. The predicted molar refractivity (Wildman–Crippen MR) is 102 cm³/mol. The number of piperazine rings is 1. The second-order valence-corrected chi connectivity index (χ2v) is 7.08. The van der Waals surface area contributed by atoms with E-state index in [1.807, 2.05) is 12.1 Å². The maximum absolute atomic E-state index is 12.8. The van der Waals surface area contributed by atoms with Gasteiger partial charge in [-0.15, -0.1) is 0 Å². The molecule has 0 saturated carbocycles. The monoisotopic (exact) mass is 458 g/mol. The van der Waals surface area contributed by atoms with Crippen LogP contribution < -0.4 is 5.32 Å². The van der Waals surface area contributed by atoms with Crippen LogP contribution in [0.2, 0.25) is 0 Å². The van der Waals surface area contributed by atoms with E-state index in [2.05, 4.69) is 34.8 Å². The number of nitrogens with one attached hydrogen (secondary N) is 1. The van der Waals surface area contributed by atoms with Crippen LogP contribution in [0.5, 0.6) is 0 Å². The van der Waals surface area contributed by atoms with Crippen LogP contribution in [0, 0.1) is 3.57 Å². The summed E-state index contributed by atoms with van der Waals surface area (Å²) in [6.45, 7) is 3.19. The summed E-state index contributed by atoms with van der Waals surface area (Å²) in [6, 6.07) is 6.39. The van der Waals surface area contributed by atoms with Crippen molar-refractivity contribution < 1.29 is 19.1 Å². The summed E-state index contributed by atoms with van der Waals surface area (Å²) in [4.78, 5) is 38.6. The van der Waals surface area contributed by atoms with E-state index in [0.717, 1.165) is 22.8 Å². The van der Waals surface area contributed by atoms with Gasteiger partial charge in [-0.25, -0.2) is 0 Å². The molecule has 6 nitrogen and oxygen atoms in total. The number of esters is 1. The first kappa shape index (κ1) is 19.7. The fourth-order valence-electron chi connectivity index (χ4n) is 2.70. The van der Waals surface area contributed by atoms with Gasteiger partial charge in [0.05, 0.1) is 18.6 Å². The third-order valence-corrected chi connectivity index (χ3v) is 5.01. The molecule has 1 fully saturated rings. The lowest BCUT2D eigenvalue weighted by molar-refractivity contribution is -0.147. The third kappa shape index (κ3) is 5.42. The Morgan fingerprint density at radius 3 is 2.80 bits per heavy atom. The van der Waals surface area contributed by atoms with Crippen molar-refractivity contribution in [3.8, 4) is 0 Å². The highest BCUT2D eigenvalue weighted by Gasteiger charge is 2.36. The summed E-state index contributed by atoms with van der Waals surface area (Å²) in [6.07, 6.45) is 2.73. The maximum Gasteiger partial charge on any atom is 0.308 e.